The van der Waals surface area contributed by atoms with Gasteiger partial charge in [-0.3, -0.25) is 37.3 Å². The number of carbonyl (C=O) groups excluding carboxylic acids is 4. The van der Waals surface area contributed by atoms with Gasteiger partial charge in [0.15, 0.2) is 12.2 Å². The highest BCUT2D eigenvalue weighted by molar-refractivity contribution is 7.47. The minimum atomic E-state index is -4.95. The molecule has 0 aromatic carbocycles. The standard InChI is InChI=1S/C74H144O17P2/c1-7-10-12-14-16-18-20-22-24-25-32-38-44-50-56-71(76)84-62-69(91-74(79)59-53-47-41-34-28-27-31-37-43-49-55-67(6)9-3)64-88-92(80,81)86-60-68(75)61-87-93(82,83)89-65-70(63-85-72(77)57-51-45-39-35-29-30-36-42-48-54-66(4)5)90-73(78)58-52-46-40-33-26-23-21-19-17-15-13-11-8-2/h66-70,75H,7-65H2,1-6H3,(H,80,81)(H,82,83)/t67?,68-,69-,70-/m1/s1. The van der Waals surface area contributed by atoms with Crippen LogP contribution in [0.1, 0.15) is 382 Å². The van der Waals surface area contributed by atoms with Gasteiger partial charge in [0.1, 0.15) is 19.3 Å². The number of hydrogen-bond donors (Lipinski definition) is 3. The number of unbranched alkanes of at least 4 members (excludes halogenated alkanes) is 42. The van der Waals surface area contributed by atoms with Gasteiger partial charge in [0.05, 0.1) is 26.4 Å². The Hall–Kier alpha value is -1.94. The van der Waals surface area contributed by atoms with E-state index in [4.69, 9.17) is 37.0 Å². The molecule has 3 unspecified atom stereocenters. The predicted molar refractivity (Wildman–Crippen MR) is 377 cm³/mol. The Morgan fingerprint density at radius 3 is 0.817 bits per heavy atom. The highest BCUT2D eigenvalue weighted by Crippen LogP contribution is 2.45. The number of esters is 4. The third-order valence-electron chi connectivity index (χ3n) is 17.6. The van der Waals surface area contributed by atoms with E-state index in [1.54, 1.807) is 0 Å². The summed E-state index contributed by atoms with van der Waals surface area (Å²) in [6, 6.07) is 0. The first-order chi connectivity index (χ1) is 44.9. The monoisotopic (exact) mass is 1370 g/mol. The summed E-state index contributed by atoms with van der Waals surface area (Å²) in [5, 5.41) is 10.6. The number of aliphatic hydroxyl groups excluding tert-OH is 1. The SMILES string of the molecule is CCCCCCCCCCCCCCCCC(=O)OC[C@H](COP(=O)(O)OC[C@@H](O)COP(=O)(O)OC[C@@H](COC(=O)CCCCCCCCCCCC(C)C)OC(=O)CCCCCCCCCCCCCCC)OC(=O)CCCCCCCCCCCCC(C)CC. The van der Waals surface area contributed by atoms with Crippen LogP contribution in [0.5, 0.6) is 0 Å². The summed E-state index contributed by atoms with van der Waals surface area (Å²) in [5.41, 5.74) is 0. The molecule has 6 atom stereocenters. The van der Waals surface area contributed by atoms with Crippen molar-refractivity contribution in [1.29, 1.82) is 0 Å². The lowest BCUT2D eigenvalue weighted by Crippen LogP contribution is -2.30. The van der Waals surface area contributed by atoms with E-state index in [0.29, 0.717) is 25.7 Å². The number of rotatable bonds is 73. The maximum absolute atomic E-state index is 13.1. The molecule has 0 aromatic heterocycles. The van der Waals surface area contributed by atoms with Gasteiger partial charge in [-0.1, -0.05) is 330 Å². The summed E-state index contributed by atoms with van der Waals surface area (Å²) in [6.07, 6.45) is 52.5. The van der Waals surface area contributed by atoms with Gasteiger partial charge in [-0.05, 0) is 37.5 Å². The Morgan fingerprint density at radius 1 is 0.312 bits per heavy atom. The number of carbonyl (C=O) groups is 4. The Balaban J connectivity index is 5.27. The van der Waals surface area contributed by atoms with Crippen molar-refractivity contribution < 1.29 is 80.2 Å². The minimum absolute atomic E-state index is 0.107. The van der Waals surface area contributed by atoms with Crippen LogP contribution in [-0.2, 0) is 65.4 Å². The number of ether oxygens (including phenoxy) is 4. The molecule has 0 heterocycles. The summed E-state index contributed by atoms with van der Waals surface area (Å²) < 4.78 is 68.5. The molecule has 0 rings (SSSR count). The molecule has 0 amide bonds. The molecule has 19 heteroatoms. The second kappa shape index (κ2) is 66.0. The third kappa shape index (κ3) is 67.0. The van der Waals surface area contributed by atoms with Gasteiger partial charge in [0.2, 0.25) is 0 Å². The lowest BCUT2D eigenvalue weighted by molar-refractivity contribution is -0.161. The number of phosphoric ester groups is 2. The summed E-state index contributed by atoms with van der Waals surface area (Å²) in [6.45, 7) is 9.60. The molecule has 0 aromatic rings. The molecule has 0 saturated heterocycles. The highest BCUT2D eigenvalue weighted by atomic mass is 31.2. The smallest absolute Gasteiger partial charge is 0.462 e. The molecular formula is C74H144O17P2. The van der Waals surface area contributed by atoms with Crippen molar-refractivity contribution in [3.05, 3.63) is 0 Å². The average molecular weight is 1370 g/mol. The van der Waals surface area contributed by atoms with Crippen LogP contribution in [0.2, 0.25) is 0 Å². The molecule has 0 saturated carbocycles. The molecule has 0 aliphatic carbocycles. The van der Waals surface area contributed by atoms with Crippen LogP contribution >= 0.6 is 15.6 Å². The second-order valence-electron chi connectivity index (χ2n) is 27.4. The molecule has 0 fully saturated rings. The van der Waals surface area contributed by atoms with Crippen LogP contribution in [0.3, 0.4) is 0 Å². The molecule has 0 aliphatic rings. The van der Waals surface area contributed by atoms with E-state index in [9.17, 15) is 43.2 Å². The van der Waals surface area contributed by atoms with Crippen LogP contribution in [0, 0.1) is 11.8 Å². The average Bonchev–Trinajstić information content (AvgIpc) is 3.70. The Labute approximate surface area is 568 Å². The van der Waals surface area contributed by atoms with E-state index in [1.807, 2.05) is 0 Å². The first-order valence-corrected chi connectivity index (χ1v) is 41.5. The zero-order chi connectivity index (χ0) is 68.6. The van der Waals surface area contributed by atoms with Crippen LogP contribution in [-0.4, -0.2) is 96.7 Å². The lowest BCUT2D eigenvalue weighted by Gasteiger charge is -2.21. The van der Waals surface area contributed by atoms with Crippen LogP contribution in [0.25, 0.3) is 0 Å². The van der Waals surface area contributed by atoms with Crippen molar-refractivity contribution in [2.24, 2.45) is 11.8 Å². The molecule has 552 valence electrons. The summed E-state index contributed by atoms with van der Waals surface area (Å²) >= 11 is 0. The van der Waals surface area contributed by atoms with E-state index in [-0.39, 0.29) is 25.7 Å². The van der Waals surface area contributed by atoms with Crippen LogP contribution in [0.15, 0.2) is 0 Å². The van der Waals surface area contributed by atoms with Gasteiger partial charge in [-0.2, -0.15) is 0 Å². The van der Waals surface area contributed by atoms with Crippen molar-refractivity contribution in [1.82, 2.24) is 0 Å². The maximum Gasteiger partial charge on any atom is 0.472 e. The Bertz CT molecular complexity index is 1810. The molecule has 0 spiro atoms. The lowest BCUT2D eigenvalue weighted by atomic mass is 9.99. The van der Waals surface area contributed by atoms with Gasteiger partial charge >= 0.3 is 39.5 Å². The topological polar surface area (TPSA) is 237 Å². The molecule has 3 N–H and O–H groups in total. The highest BCUT2D eigenvalue weighted by Gasteiger charge is 2.30. The number of aliphatic hydroxyl groups is 1. The molecule has 0 radical (unpaired) electrons. The van der Waals surface area contributed by atoms with Gasteiger partial charge < -0.3 is 33.8 Å². The van der Waals surface area contributed by atoms with Crippen molar-refractivity contribution in [2.45, 2.75) is 400 Å². The summed E-state index contributed by atoms with van der Waals surface area (Å²) in [5.74, 6) is -0.569. The number of hydrogen-bond acceptors (Lipinski definition) is 15. The van der Waals surface area contributed by atoms with E-state index in [1.165, 1.54) is 199 Å². The maximum atomic E-state index is 13.1. The first kappa shape index (κ1) is 91.1. The van der Waals surface area contributed by atoms with Crippen molar-refractivity contribution in [3.8, 4) is 0 Å². The molecule has 0 aliphatic heterocycles. The van der Waals surface area contributed by atoms with E-state index in [2.05, 4.69) is 41.5 Å². The zero-order valence-corrected chi connectivity index (χ0v) is 62.3. The molecule has 0 bridgehead atoms. The second-order valence-corrected chi connectivity index (χ2v) is 30.3. The quantitative estimate of drug-likeness (QED) is 0.0222. The third-order valence-corrected chi connectivity index (χ3v) is 19.5. The summed E-state index contributed by atoms with van der Waals surface area (Å²) in [7, 11) is -9.91. The van der Waals surface area contributed by atoms with Gasteiger partial charge in [-0.15, -0.1) is 0 Å². The van der Waals surface area contributed by atoms with Gasteiger partial charge in [0.25, 0.3) is 0 Å². The Morgan fingerprint density at radius 2 is 0.548 bits per heavy atom. The van der Waals surface area contributed by atoms with Crippen LogP contribution < -0.4 is 0 Å². The van der Waals surface area contributed by atoms with Crippen molar-refractivity contribution in [2.75, 3.05) is 39.6 Å². The largest absolute Gasteiger partial charge is 0.472 e. The van der Waals surface area contributed by atoms with Gasteiger partial charge in [0, 0.05) is 25.7 Å². The van der Waals surface area contributed by atoms with E-state index < -0.39 is 97.5 Å². The minimum Gasteiger partial charge on any atom is -0.462 e. The fourth-order valence-corrected chi connectivity index (χ4v) is 12.8. The predicted octanol–water partition coefficient (Wildman–Crippen LogP) is 21.6. The molecular weight excluding hydrogens is 1220 g/mol. The first-order valence-electron chi connectivity index (χ1n) is 38.5. The molecule has 93 heavy (non-hydrogen) atoms. The van der Waals surface area contributed by atoms with Crippen molar-refractivity contribution >= 4 is 39.5 Å². The summed E-state index contributed by atoms with van der Waals surface area (Å²) in [4.78, 5) is 72.8. The zero-order valence-electron chi connectivity index (χ0n) is 60.6. The normalized spacial score (nSPS) is 14.3. The number of phosphoric acid groups is 2. The van der Waals surface area contributed by atoms with Crippen molar-refractivity contribution in [3.63, 3.8) is 0 Å². The van der Waals surface area contributed by atoms with Gasteiger partial charge in [-0.25, -0.2) is 9.13 Å². The van der Waals surface area contributed by atoms with E-state index in [0.717, 1.165) is 102 Å². The van der Waals surface area contributed by atoms with E-state index >= 15 is 0 Å². The molecule has 17 nitrogen and oxygen atoms in total. The fourth-order valence-electron chi connectivity index (χ4n) is 11.3. The fraction of sp³-hybridized carbons (Fsp3) is 0.946. The van der Waals surface area contributed by atoms with Crippen LogP contribution in [0.4, 0.5) is 0 Å². The Kier molecular flexibility index (Phi) is 64.6.